The molecule has 0 aliphatic carbocycles. The Kier molecular flexibility index (Phi) is 6.30. The van der Waals surface area contributed by atoms with Crippen molar-refractivity contribution in [2.24, 2.45) is 0 Å². The molecule has 5 nitrogen and oxygen atoms in total. The Morgan fingerprint density at radius 1 is 1.07 bits per heavy atom. The van der Waals surface area contributed by atoms with Crippen LogP contribution < -0.4 is 4.90 Å². The third-order valence-corrected chi connectivity index (χ3v) is 7.47. The summed E-state index contributed by atoms with van der Waals surface area (Å²) in [6.45, 7) is 5.74. The van der Waals surface area contributed by atoms with Gasteiger partial charge in [0.15, 0.2) is 9.84 Å². The molecule has 2 aliphatic rings. The van der Waals surface area contributed by atoms with Crippen molar-refractivity contribution in [1.82, 2.24) is 4.90 Å². The van der Waals surface area contributed by atoms with Gasteiger partial charge in [0.05, 0.1) is 17.6 Å². The lowest BCUT2D eigenvalue weighted by Crippen LogP contribution is -2.46. The highest BCUT2D eigenvalue weighted by molar-refractivity contribution is 9.10. The Morgan fingerprint density at radius 3 is 2.48 bits per heavy atom. The maximum atomic E-state index is 11.6. The molecule has 2 aliphatic heterocycles. The van der Waals surface area contributed by atoms with Crippen LogP contribution >= 0.6 is 15.9 Å². The normalized spacial score (nSPS) is 20.5. The van der Waals surface area contributed by atoms with Gasteiger partial charge < -0.3 is 9.64 Å². The van der Waals surface area contributed by atoms with Gasteiger partial charge in [-0.3, -0.25) is 4.90 Å². The van der Waals surface area contributed by atoms with Crippen molar-refractivity contribution in [3.8, 4) is 0 Å². The second-order valence-electron chi connectivity index (χ2n) is 7.84. The Bertz CT molecular complexity index is 955. The van der Waals surface area contributed by atoms with Crippen molar-refractivity contribution in [2.75, 3.05) is 50.5 Å². The molecule has 2 aromatic carbocycles. The summed E-state index contributed by atoms with van der Waals surface area (Å²) in [4.78, 5) is 5.20. The SMILES string of the molecule is CS(=O)(=O)c1ccc(N2CCN(CCC3OCCc4cc(Br)ccc43)CC2)cc1. The number of anilines is 1. The highest BCUT2D eigenvalue weighted by atomic mass is 79.9. The minimum absolute atomic E-state index is 0.188. The van der Waals surface area contributed by atoms with Crippen LogP contribution in [0.4, 0.5) is 5.69 Å². The molecule has 29 heavy (non-hydrogen) atoms. The fraction of sp³-hybridized carbons (Fsp3) is 0.455. The number of benzene rings is 2. The lowest BCUT2D eigenvalue weighted by atomic mass is 9.95. The highest BCUT2D eigenvalue weighted by Gasteiger charge is 2.23. The Labute approximate surface area is 181 Å². The molecule has 1 unspecified atom stereocenters. The molecular weight excluding hydrogens is 452 g/mol. The number of sulfone groups is 1. The summed E-state index contributed by atoms with van der Waals surface area (Å²) in [5.41, 5.74) is 3.83. The number of nitrogens with zero attached hydrogens (tertiary/aromatic N) is 2. The number of piperazine rings is 1. The Morgan fingerprint density at radius 2 is 1.79 bits per heavy atom. The molecule has 2 aromatic rings. The monoisotopic (exact) mass is 478 g/mol. The van der Waals surface area contributed by atoms with Crippen LogP contribution in [-0.4, -0.2) is 58.9 Å². The standard InChI is InChI=1S/C22H27BrN2O3S/c1-29(26,27)20-5-3-19(4-6-20)25-13-11-24(12-14-25)10-8-22-21-7-2-18(23)16-17(21)9-15-28-22/h2-7,16,22H,8-15H2,1H3. The maximum Gasteiger partial charge on any atom is 0.175 e. The van der Waals surface area contributed by atoms with E-state index in [2.05, 4.69) is 43.9 Å². The summed E-state index contributed by atoms with van der Waals surface area (Å²) in [6, 6.07) is 13.8. The molecule has 0 amide bonds. The first-order chi connectivity index (χ1) is 13.9. The first-order valence-electron chi connectivity index (χ1n) is 10.1. The van der Waals surface area contributed by atoms with E-state index in [1.165, 1.54) is 17.4 Å². The maximum absolute atomic E-state index is 11.6. The molecule has 4 rings (SSSR count). The smallest absolute Gasteiger partial charge is 0.175 e. The van der Waals surface area contributed by atoms with Gasteiger partial charge in [-0.25, -0.2) is 8.42 Å². The van der Waals surface area contributed by atoms with E-state index in [0.717, 1.165) is 62.3 Å². The van der Waals surface area contributed by atoms with Gasteiger partial charge in [-0.05, 0) is 60.4 Å². The van der Waals surface area contributed by atoms with Gasteiger partial charge >= 0.3 is 0 Å². The number of hydrogen-bond donors (Lipinski definition) is 0. The minimum Gasteiger partial charge on any atom is -0.373 e. The van der Waals surface area contributed by atoms with E-state index in [4.69, 9.17) is 4.74 Å². The predicted molar refractivity (Wildman–Crippen MR) is 119 cm³/mol. The van der Waals surface area contributed by atoms with Crippen LogP contribution in [0.1, 0.15) is 23.7 Å². The molecule has 0 radical (unpaired) electrons. The van der Waals surface area contributed by atoms with Crippen molar-refractivity contribution < 1.29 is 13.2 Å². The lowest BCUT2D eigenvalue weighted by molar-refractivity contribution is 0.0289. The molecule has 0 N–H and O–H groups in total. The predicted octanol–water partition coefficient (Wildman–Crippen LogP) is 3.68. The van der Waals surface area contributed by atoms with Crippen molar-refractivity contribution in [1.29, 1.82) is 0 Å². The summed E-state index contributed by atoms with van der Waals surface area (Å²) in [7, 11) is -3.14. The molecular formula is C22H27BrN2O3S. The van der Waals surface area contributed by atoms with Crippen molar-refractivity contribution >= 4 is 31.5 Å². The summed E-state index contributed by atoms with van der Waals surface area (Å²) >= 11 is 3.57. The number of ether oxygens (including phenoxy) is 1. The van der Waals surface area contributed by atoms with E-state index in [-0.39, 0.29) is 6.10 Å². The van der Waals surface area contributed by atoms with E-state index in [0.29, 0.717) is 4.90 Å². The van der Waals surface area contributed by atoms with Gasteiger partial charge in [0.2, 0.25) is 0 Å². The molecule has 1 fully saturated rings. The van der Waals surface area contributed by atoms with Gasteiger partial charge in [-0.15, -0.1) is 0 Å². The van der Waals surface area contributed by atoms with Crippen LogP contribution in [0.15, 0.2) is 51.8 Å². The summed E-state index contributed by atoms with van der Waals surface area (Å²) in [5, 5.41) is 0. The lowest BCUT2D eigenvalue weighted by Gasteiger charge is -2.37. The number of fused-ring (bicyclic) bond motifs is 1. The van der Waals surface area contributed by atoms with Crippen LogP contribution in [0, 0.1) is 0 Å². The molecule has 2 heterocycles. The Hall–Kier alpha value is -1.41. The topological polar surface area (TPSA) is 49.9 Å². The number of halogens is 1. The second-order valence-corrected chi connectivity index (χ2v) is 10.8. The number of rotatable bonds is 5. The van der Waals surface area contributed by atoms with Crippen LogP contribution in [0.25, 0.3) is 0 Å². The fourth-order valence-electron chi connectivity index (χ4n) is 4.18. The fourth-order valence-corrected chi connectivity index (χ4v) is 5.22. The molecule has 7 heteroatoms. The van der Waals surface area contributed by atoms with Gasteiger partial charge in [0.25, 0.3) is 0 Å². The third kappa shape index (κ3) is 5.02. The average Bonchev–Trinajstić information content (AvgIpc) is 2.72. The van der Waals surface area contributed by atoms with E-state index in [9.17, 15) is 8.42 Å². The molecule has 0 saturated carbocycles. The number of hydrogen-bond acceptors (Lipinski definition) is 5. The van der Waals surface area contributed by atoms with Crippen LogP contribution in [0.3, 0.4) is 0 Å². The van der Waals surface area contributed by atoms with E-state index >= 15 is 0 Å². The van der Waals surface area contributed by atoms with Gasteiger partial charge in [0.1, 0.15) is 0 Å². The molecule has 1 atom stereocenters. The van der Waals surface area contributed by atoms with Crippen molar-refractivity contribution in [3.63, 3.8) is 0 Å². The zero-order valence-electron chi connectivity index (χ0n) is 16.7. The molecule has 156 valence electrons. The largest absolute Gasteiger partial charge is 0.373 e. The van der Waals surface area contributed by atoms with Gasteiger partial charge in [0, 0.05) is 49.1 Å². The van der Waals surface area contributed by atoms with E-state index in [1.54, 1.807) is 12.1 Å². The molecule has 1 saturated heterocycles. The van der Waals surface area contributed by atoms with E-state index in [1.807, 2.05) is 12.1 Å². The summed E-state index contributed by atoms with van der Waals surface area (Å²) < 4.78 is 30.5. The zero-order valence-corrected chi connectivity index (χ0v) is 19.1. The van der Waals surface area contributed by atoms with Crippen molar-refractivity contribution in [2.45, 2.75) is 23.8 Å². The minimum atomic E-state index is -3.14. The quantitative estimate of drug-likeness (QED) is 0.655. The average molecular weight is 479 g/mol. The first-order valence-corrected chi connectivity index (χ1v) is 12.8. The van der Waals surface area contributed by atoms with Crippen LogP contribution in [0.5, 0.6) is 0 Å². The van der Waals surface area contributed by atoms with Gasteiger partial charge in [-0.1, -0.05) is 22.0 Å². The molecule has 0 bridgehead atoms. The van der Waals surface area contributed by atoms with Crippen molar-refractivity contribution in [3.05, 3.63) is 58.1 Å². The summed E-state index contributed by atoms with van der Waals surface area (Å²) in [6.07, 6.45) is 3.43. The third-order valence-electron chi connectivity index (χ3n) is 5.85. The summed E-state index contributed by atoms with van der Waals surface area (Å²) in [5.74, 6) is 0. The highest BCUT2D eigenvalue weighted by Crippen LogP contribution is 2.32. The van der Waals surface area contributed by atoms with Crippen LogP contribution in [-0.2, 0) is 21.0 Å². The van der Waals surface area contributed by atoms with E-state index < -0.39 is 9.84 Å². The van der Waals surface area contributed by atoms with Gasteiger partial charge in [-0.2, -0.15) is 0 Å². The van der Waals surface area contributed by atoms with Crippen LogP contribution in [0.2, 0.25) is 0 Å². The molecule has 0 spiro atoms. The molecule has 0 aromatic heterocycles. The zero-order chi connectivity index (χ0) is 20.4. The Balaban J connectivity index is 1.30. The first kappa shape index (κ1) is 20.8. The second kappa shape index (κ2) is 8.76.